The third-order valence-electron chi connectivity index (χ3n) is 8.25. The largest absolute Gasteiger partial charge is 0.393 e. The number of ketones is 1. The summed E-state index contributed by atoms with van der Waals surface area (Å²) in [4.78, 5) is 11.9. The third-order valence-corrected chi connectivity index (χ3v) is 8.25. The molecule has 124 valence electrons. The highest BCUT2D eigenvalue weighted by Crippen LogP contribution is 2.65. The Hall–Kier alpha value is -0.410. The third kappa shape index (κ3) is 1.97. The van der Waals surface area contributed by atoms with E-state index in [1.807, 2.05) is 0 Å². The molecule has 4 aliphatic rings. The zero-order chi connectivity index (χ0) is 15.7. The lowest BCUT2D eigenvalue weighted by Crippen LogP contribution is -2.57. The van der Waals surface area contributed by atoms with E-state index in [1.54, 1.807) is 0 Å². The Morgan fingerprint density at radius 1 is 1.05 bits per heavy atom. The molecule has 0 heterocycles. The molecule has 0 aromatic rings. The second-order valence-corrected chi connectivity index (χ2v) is 9.32. The number of carbonyl (C=O) groups is 1. The minimum atomic E-state index is -0.324. The molecule has 4 aliphatic carbocycles. The average molecular weight is 306 g/mol. The van der Waals surface area contributed by atoms with Crippen molar-refractivity contribution in [2.45, 2.75) is 77.4 Å². The van der Waals surface area contributed by atoms with Crippen molar-refractivity contribution >= 4 is 5.78 Å². The van der Waals surface area contributed by atoms with Crippen LogP contribution in [0, 0.1) is 34.5 Å². The summed E-state index contributed by atoms with van der Waals surface area (Å²) in [5.41, 5.74) is 0.402. The van der Waals surface area contributed by atoms with Gasteiger partial charge in [-0.25, -0.2) is 0 Å². The van der Waals surface area contributed by atoms with E-state index >= 15 is 0 Å². The molecule has 0 saturated heterocycles. The number of aliphatic hydroxyl groups is 2. The first-order valence-electron chi connectivity index (χ1n) is 9.21. The average Bonchev–Trinajstić information content (AvgIpc) is 2.76. The molecule has 0 aromatic carbocycles. The van der Waals surface area contributed by atoms with Gasteiger partial charge in [0.15, 0.2) is 0 Å². The summed E-state index contributed by atoms with van der Waals surface area (Å²) >= 11 is 0. The minimum Gasteiger partial charge on any atom is -0.393 e. The lowest BCUT2D eigenvalue weighted by molar-refractivity contribution is -0.162. The molecule has 0 aliphatic heterocycles. The first-order chi connectivity index (χ1) is 10.3. The Balaban J connectivity index is 1.67. The SMILES string of the molecule is C[C@]12CC[C@H]3[C@@H](C[C@@H](O)[C@H]4CC(=O)CC[C@@]43C)[C@@H]1C[C@H](O)C2. The molecule has 0 unspecified atom stereocenters. The monoisotopic (exact) mass is 306 g/mol. The van der Waals surface area contributed by atoms with Gasteiger partial charge in [0.05, 0.1) is 12.2 Å². The van der Waals surface area contributed by atoms with E-state index in [0.29, 0.717) is 36.4 Å². The smallest absolute Gasteiger partial charge is 0.133 e. The van der Waals surface area contributed by atoms with Crippen LogP contribution in [-0.2, 0) is 4.79 Å². The molecule has 4 rings (SSSR count). The van der Waals surface area contributed by atoms with Crippen molar-refractivity contribution in [3.05, 3.63) is 0 Å². The van der Waals surface area contributed by atoms with Gasteiger partial charge in [-0.3, -0.25) is 4.79 Å². The van der Waals surface area contributed by atoms with Crippen LogP contribution in [0.5, 0.6) is 0 Å². The van der Waals surface area contributed by atoms with E-state index < -0.39 is 0 Å². The summed E-state index contributed by atoms with van der Waals surface area (Å²) in [7, 11) is 0. The van der Waals surface area contributed by atoms with Gasteiger partial charge in [-0.15, -0.1) is 0 Å². The van der Waals surface area contributed by atoms with Crippen LogP contribution in [0.4, 0.5) is 0 Å². The normalized spacial score (nSPS) is 57.9. The van der Waals surface area contributed by atoms with Crippen LogP contribution in [0.3, 0.4) is 0 Å². The Labute approximate surface area is 133 Å². The lowest BCUT2D eigenvalue weighted by Gasteiger charge is -2.60. The van der Waals surface area contributed by atoms with Gasteiger partial charge in [0.2, 0.25) is 0 Å². The summed E-state index contributed by atoms with van der Waals surface area (Å²) in [6.07, 6.45) is 6.92. The van der Waals surface area contributed by atoms with E-state index in [-0.39, 0.29) is 29.0 Å². The Bertz CT molecular complexity index is 489. The number of Topliss-reactive ketones (excluding diaryl/α,β-unsaturated/α-hetero) is 1. The summed E-state index contributed by atoms with van der Waals surface area (Å²) in [5.74, 6) is 2.26. The van der Waals surface area contributed by atoms with Gasteiger partial charge < -0.3 is 10.2 Å². The maximum atomic E-state index is 11.9. The van der Waals surface area contributed by atoms with Gasteiger partial charge in [-0.1, -0.05) is 13.8 Å². The van der Waals surface area contributed by atoms with E-state index in [0.717, 1.165) is 25.7 Å². The fraction of sp³-hybridized carbons (Fsp3) is 0.947. The van der Waals surface area contributed by atoms with Gasteiger partial charge in [0.1, 0.15) is 5.78 Å². The second kappa shape index (κ2) is 4.80. The van der Waals surface area contributed by atoms with Crippen LogP contribution in [0.2, 0.25) is 0 Å². The fourth-order valence-electron chi connectivity index (χ4n) is 7.11. The van der Waals surface area contributed by atoms with Crippen LogP contribution < -0.4 is 0 Å². The molecule has 0 bridgehead atoms. The number of hydrogen-bond acceptors (Lipinski definition) is 3. The van der Waals surface area contributed by atoms with Crippen LogP contribution in [0.1, 0.15) is 65.2 Å². The Kier molecular flexibility index (Phi) is 3.30. The summed E-state index contributed by atoms with van der Waals surface area (Å²) < 4.78 is 0. The zero-order valence-corrected chi connectivity index (χ0v) is 13.9. The first-order valence-corrected chi connectivity index (χ1v) is 9.21. The molecule has 2 N–H and O–H groups in total. The Morgan fingerprint density at radius 3 is 2.59 bits per heavy atom. The van der Waals surface area contributed by atoms with Crippen molar-refractivity contribution in [2.75, 3.05) is 0 Å². The molecular weight excluding hydrogens is 276 g/mol. The molecule has 3 nitrogen and oxygen atoms in total. The highest BCUT2D eigenvalue weighted by molar-refractivity contribution is 5.79. The number of rotatable bonds is 0. The first kappa shape index (κ1) is 15.1. The van der Waals surface area contributed by atoms with Crippen molar-refractivity contribution in [3.8, 4) is 0 Å². The highest BCUT2D eigenvalue weighted by Gasteiger charge is 2.61. The van der Waals surface area contributed by atoms with Gasteiger partial charge in [-0.05, 0) is 73.0 Å². The molecule has 8 atom stereocenters. The predicted molar refractivity (Wildman–Crippen MR) is 84.1 cm³/mol. The van der Waals surface area contributed by atoms with E-state index in [9.17, 15) is 15.0 Å². The van der Waals surface area contributed by atoms with Crippen molar-refractivity contribution in [2.24, 2.45) is 34.5 Å². The van der Waals surface area contributed by atoms with E-state index in [4.69, 9.17) is 0 Å². The molecule has 3 heteroatoms. The van der Waals surface area contributed by atoms with Gasteiger partial charge in [-0.2, -0.15) is 0 Å². The fourth-order valence-corrected chi connectivity index (χ4v) is 7.11. The molecule has 0 radical (unpaired) electrons. The van der Waals surface area contributed by atoms with Crippen molar-refractivity contribution in [1.82, 2.24) is 0 Å². The molecule has 4 fully saturated rings. The van der Waals surface area contributed by atoms with Gasteiger partial charge in [0.25, 0.3) is 0 Å². The van der Waals surface area contributed by atoms with Gasteiger partial charge >= 0.3 is 0 Å². The van der Waals surface area contributed by atoms with E-state index in [2.05, 4.69) is 13.8 Å². The van der Waals surface area contributed by atoms with Crippen LogP contribution in [0.25, 0.3) is 0 Å². The summed E-state index contributed by atoms with van der Waals surface area (Å²) in [6.45, 7) is 4.70. The summed E-state index contributed by atoms with van der Waals surface area (Å²) in [6, 6.07) is 0. The maximum Gasteiger partial charge on any atom is 0.133 e. The van der Waals surface area contributed by atoms with Crippen LogP contribution in [-0.4, -0.2) is 28.2 Å². The quantitative estimate of drug-likeness (QED) is 0.723. The van der Waals surface area contributed by atoms with Crippen molar-refractivity contribution in [1.29, 1.82) is 0 Å². The van der Waals surface area contributed by atoms with Crippen molar-refractivity contribution < 1.29 is 15.0 Å². The Morgan fingerprint density at radius 2 is 1.82 bits per heavy atom. The van der Waals surface area contributed by atoms with Crippen LogP contribution >= 0.6 is 0 Å². The number of carbonyl (C=O) groups excluding carboxylic acids is 1. The second-order valence-electron chi connectivity index (χ2n) is 9.32. The summed E-state index contributed by atoms with van der Waals surface area (Å²) in [5, 5.41) is 21.0. The minimum absolute atomic E-state index is 0.130. The molecular formula is C19H30O3. The molecule has 22 heavy (non-hydrogen) atoms. The van der Waals surface area contributed by atoms with Crippen molar-refractivity contribution in [3.63, 3.8) is 0 Å². The zero-order valence-electron chi connectivity index (χ0n) is 13.9. The standard InChI is InChI=1S/C19H30O3/c1-18-5-4-14-13(15(18)8-12(21)10-18)9-17(22)16-7-11(20)3-6-19(14,16)2/h12-17,21-22H,3-10H2,1-2H3/t12-,13+,14-,15-,16+,17+,18+,19+/m0/s1. The number of aliphatic hydroxyl groups excluding tert-OH is 2. The molecule has 0 spiro atoms. The molecule has 0 aromatic heterocycles. The van der Waals surface area contributed by atoms with E-state index in [1.165, 1.54) is 12.8 Å². The highest BCUT2D eigenvalue weighted by atomic mass is 16.3. The predicted octanol–water partition coefficient (Wildman–Crippen LogP) is 2.93. The number of hydrogen-bond donors (Lipinski definition) is 2. The maximum absolute atomic E-state index is 11.9. The molecule has 0 amide bonds. The lowest BCUT2D eigenvalue weighted by atomic mass is 9.45. The van der Waals surface area contributed by atoms with Crippen LogP contribution in [0.15, 0.2) is 0 Å². The van der Waals surface area contributed by atoms with Gasteiger partial charge in [0, 0.05) is 12.8 Å². The topological polar surface area (TPSA) is 57.5 Å². The number of fused-ring (bicyclic) bond motifs is 5. The molecule has 4 saturated carbocycles.